The lowest BCUT2D eigenvalue weighted by Crippen LogP contribution is -2.27. The number of benzene rings is 1. The number of fused-ring (bicyclic) bond motifs is 1. The van der Waals surface area contributed by atoms with Crippen LogP contribution in [-0.4, -0.2) is 32.2 Å². The second kappa shape index (κ2) is 5.68. The monoisotopic (exact) mass is 234 g/mol. The maximum atomic E-state index is 11.8. The first kappa shape index (κ1) is 11.9. The molecule has 0 fully saturated rings. The molecule has 0 saturated carbocycles. The molecule has 0 unspecified atom stereocenters. The number of nitrogens with one attached hydrogen (secondary N) is 2. The topological polar surface area (TPSA) is 50.4 Å². The summed E-state index contributed by atoms with van der Waals surface area (Å²) in [7, 11) is 0. The normalized spacial score (nSPS) is 13.0. The van der Waals surface area contributed by atoms with Gasteiger partial charge >= 0.3 is 0 Å². The van der Waals surface area contributed by atoms with Crippen LogP contribution in [0.5, 0.6) is 0 Å². The molecule has 0 atom stereocenters. The summed E-state index contributed by atoms with van der Waals surface area (Å²) in [5.74, 6) is -0.0406. The van der Waals surface area contributed by atoms with E-state index in [0.717, 1.165) is 18.7 Å². The van der Waals surface area contributed by atoms with Gasteiger partial charge in [0.05, 0.1) is 6.61 Å². The van der Waals surface area contributed by atoms with E-state index in [1.807, 2.05) is 25.1 Å². The van der Waals surface area contributed by atoms with Crippen LogP contribution in [-0.2, 0) is 11.2 Å². The molecular weight excluding hydrogens is 216 g/mol. The minimum atomic E-state index is -0.0406. The average Bonchev–Trinajstić information content (AvgIpc) is 2.81. The molecule has 0 bridgehead atoms. The van der Waals surface area contributed by atoms with Crippen molar-refractivity contribution < 1.29 is 9.53 Å². The van der Waals surface area contributed by atoms with Crippen LogP contribution in [0.3, 0.4) is 0 Å². The van der Waals surface area contributed by atoms with Crippen LogP contribution in [0.1, 0.15) is 22.8 Å². The van der Waals surface area contributed by atoms with Crippen LogP contribution in [0, 0.1) is 0 Å². The SMILES string of the molecule is CCOCCNC(=O)c1ccc2c(c1)NCC2. The lowest BCUT2D eigenvalue weighted by atomic mass is 10.1. The molecule has 2 N–H and O–H groups in total. The van der Waals surface area contributed by atoms with Crippen molar-refractivity contribution in [2.24, 2.45) is 0 Å². The maximum absolute atomic E-state index is 11.8. The van der Waals surface area contributed by atoms with Crippen LogP contribution in [0.25, 0.3) is 0 Å². The highest BCUT2D eigenvalue weighted by molar-refractivity contribution is 5.95. The molecule has 1 aliphatic rings. The van der Waals surface area contributed by atoms with Gasteiger partial charge < -0.3 is 15.4 Å². The van der Waals surface area contributed by atoms with Crippen molar-refractivity contribution >= 4 is 11.6 Å². The summed E-state index contributed by atoms with van der Waals surface area (Å²) >= 11 is 0. The zero-order chi connectivity index (χ0) is 12.1. The minimum Gasteiger partial charge on any atom is -0.384 e. The van der Waals surface area contributed by atoms with E-state index in [4.69, 9.17) is 4.74 Å². The molecule has 17 heavy (non-hydrogen) atoms. The van der Waals surface area contributed by atoms with Gasteiger partial charge in [0, 0.05) is 30.9 Å². The van der Waals surface area contributed by atoms with Gasteiger partial charge in [-0.25, -0.2) is 0 Å². The summed E-state index contributed by atoms with van der Waals surface area (Å²) < 4.78 is 5.17. The Kier molecular flexibility index (Phi) is 3.98. The lowest BCUT2D eigenvalue weighted by Gasteiger charge is -2.07. The summed E-state index contributed by atoms with van der Waals surface area (Å²) in [6, 6.07) is 5.81. The average molecular weight is 234 g/mol. The summed E-state index contributed by atoms with van der Waals surface area (Å²) in [6.45, 7) is 4.69. The highest BCUT2D eigenvalue weighted by Gasteiger charge is 2.12. The summed E-state index contributed by atoms with van der Waals surface area (Å²) in [6.07, 6.45) is 1.04. The number of hydrogen-bond acceptors (Lipinski definition) is 3. The molecule has 4 heteroatoms. The van der Waals surface area contributed by atoms with Gasteiger partial charge in [-0.05, 0) is 31.0 Å². The zero-order valence-corrected chi connectivity index (χ0v) is 10.1. The molecular formula is C13H18N2O2. The Labute approximate surface area is 101 Å². The fourth-order valence-electron chi connectivity index (χ4n) is 1.92. The summed E-state index contributed by atoms with van der Waals surface area (Å²) in [4.78, 5) is 11.8. The first-order valence-corrected chi connectivity index (χ1v) is 6.04. The molecule has 1 aromatic rings. The van der Waals surface area contributed by atoms with Gasteiger partial charge in [0.1, 0.15) is 0 Å². The molecule has 92 valence electrons. The van der Waals surface area contributed by atoms with E-state index in [2.05, 4.69) is 10.6 Å². The minimum absolute atomic E-state index is 0.0406. The van der Waals surface area contributed by atoms with E-state index in [9.17, 15) is 4.79 Å². The van der Waals surface area contributed by atoms with Gasteiger partial charge in [-0.2, -0.15) is 0 Å². The van der Waals surface area contributed by atoms with Gasteiger partial charge in [-0.1, -0.05) is 6.07 Å². The van der Waals surface area contributed by atoms with Crippen molar-refractivity contribution in [3.63, 3.8) is 0 Å². The Morgan fingerprint density at radius 3 is 3.24 bits per heavy atom. The van der Waals surface area contributed by atoms with Gasteiger partial charge in [0.15, 0.2) is 0 Å². The van der Waals surface area contributed by atoms with Crippen molar-refractivity contribution in [1.82, 2.24) is 5.32 Å². The number of rotatable bonds is 5. The number of ether oxygens (including phenoxy) is 1. The van der Waals surface area contributed by atoms with Gasteiger partial charge in [0.25, 0.3) is 5.91 Å². The standard InChI is InChI=1S/C13H18N2O2/c1-2-17-8-7-15-13(16)11-4-3-10-5-6-14-12(10)9-11/h3-4,9,14H,2,5-8H2,1H3,(H,15,16). The number of amides is 1. The molecule has 1 aliphatic heterocycles. The van der Waals surface area contributed by atoms with Gasteiger partial charge in [-0.15, -0.1) is 0 Å². The fourth-order valence-corrected chi connectivity index (χ4v) is 1.92. The predicted molar refractivity (Wildman–Crippen MR) is 67.5 cm³/mol. The Bertz CT molecular complexity index is 404. The van der Waals surface area contributed by atoms with Crippen molar-refractivity contribution in [3.05, 3.63) is 29.3 Å². The molecule has 1 heterocycles. The number of hydrogen-bond donors (Lipinski definition) is 2. The third-order valence-corrected chi connectivity index (χ3v) is 2.82. The quantitative estimate of drug-likeness (QED) is 0.758. The summed E-state index contributed by atoms with van der Waals surface area (Å²) in [5.41, 5.74) is 3.08. The van der Waals surface area contributed by atoms with Crippen LogP contribution < -0.4 is 10.6 Å². The number of carbonyl (C=O) groups is 1. The third-order valence-electron chi connectivity index (χ3n) is 2.82. The van der Waals surface area contributed by atoms with E-state index < -0.39 is 0 Å². The van der Waals surface area contributed by atoms with E-state index in [1.54, 1.807) is 0 Å². The van der Waals surface area contributed by atoms with Crippen LogP contribution in [0.4, 0.5) is 5.69 Å². The third kappa shape index (κ3) is 2.97. The van der Waals surface area contributed by atoms with Crippen LogP contribution in [0.15, 0.2) is 18.2 Å². The molecule has 1 amide bonds. The smallest absolute Gasteiger partial charge is 0.251 e. The van der Waals surface area contributed by atoms with E-state index in [0.29, 0.717) is 25.3 Å². The van der Waals surface area contributed by atoms with E-state index in [1.165, 1.54) is 5.56 Å². The molecule has 2 rings (SSSR count). The molecule has 4 nitrogen and oxygen atoms in total. The van der Waals surface area contributed by atoms with Crippen molar-refractivity contribution in [2.75, 3.05) is 31.6 Å². The number of carbonyl (C=O) groups excluding carboxylic acids is 1. The predicted octanol–water partition coefficient (Wildman–Crippen LogP) is 1.42. The second-order valence-corrected chi connectivity index (χ2v) is 4.00. The largest absolute Gasteiger partial charge is 0.384 e. The Balaban J connectivity index is 1.91. The second-order valence-electron chi connectivity index (χ2n) is 4.00. The molecule has 0 radical (unpaired) electrons. The van der Waals surface area contributed by atoms with Crippen LogP contribution >= 0.6 is 0 Å². The Morgan fingerprint density at radius 2 is 2.41 bits per heavy atom. The molecule has 0 aliphatic carbocycles. The van der Waals surface area contributed by atoms with Crippen LogP contribution in [0.2, 0.25) is 0 Å². The van der Waals surface area contributed by atoms with E-state index >= 15 is 0 Å². The fraction of sp³-hybridized carbons (Fsp3) is 0.462. The highest BCUT2D eigenvalue weighted by atomic mass is 16.5. The molecule has 0 aromatic heterocycles. The zero-order valence-electron chi connectivity index (χ0n) is 10.1. The lowest BCUT2D eigenvalue weighted by molar-refractivity contribution is 0.0922. The maximum Gasteiger partial charge on any atom is 0.251 e. The van der Waals surface area contributed by atoms with Gasteiger partial charge in [-0.3, -0.25) is 4.79 Å². The Hall–Kier alpha value is -1.55. The first-order valence-electron chi connectivity index (χ1n) is 6.04. The molecule has 0 saturated heterocycles. The number of anilines is 1. The Morgan fingerprint density at radius 1 is 1.53 bits per heavy atom. The first-order chi connectivity index (χ1) is 8.31. The summed E-state index contributed by atoms with van der Waals surface area (Å²) in [5, 5.41) is 6.10. The van der Waals surface area contributed by atoms with Crippen molar-refractivity contribution in [2.45, 2.75) is 13.3 Å². The molecule has 1 aromatic carbocycles. The van der Waals surface area contributed by atoms with Crippen molar-refractivity contribution in [3.8, 4) is 0 Å². The molecule has 0 spiro atoms. The van der Waals surface area contributed by atoms with Gasteiger partial charge in [0.2, 0.25) is 0 Å². The van der Waals surface area contributed by atoms with E-state index in [-0.39, 0.29) is 5.91 Å². The van der Waals surface area contributed by atoms with Crippen molar-refractivity contribution in [1.29, 1.82) is 0 Å². The highest BCUT2D eigenvalue weighted by Crippen LogP contribution is 2.22.